The molecule has 6 nitrogen and oxygen atoms in total. The van der Waals surface area contributed by atoms with Crippen molar-refractivity contribution in [2.24, 2.45) is 13.0 Å². The van der Waals surface area contributed by atoms with Gasteiger partial charge in [-0.15, -0.1) is 0 Å². The molecule has 0 saturated heterocycles. The monoisotopic (exact) mass is 353 g/mol. The highest BCUT2D eigenvalue weighted by atomic mass is 16.2. The predicted octanol–water partition coefficient (Wildman–Crippen LogP) is 2.90. The summed E-state index contributed by atoms with van der Waals surface area (Å²) < 4.78 is 1.88. The van der Waals surface area contributed by atoms with Gasteiger partial charge in [0.25, 0.3) is 0 Å². The molecule has 0 spiro atoms. The van der Waals surface area contributed by atoms with Crippen molar-refractivity contribution in [1.29, 1.82) is 0 Å². The summed E-state index contributed by atoms with van der Waals surface area (Å²) in [6.07, 6.45) is 10.6. The molecule has 2 fully saturated rings. The Bertz CT molecular complexity index is 753. The minimum absolute atomic E-state index is 0.0779. The first-order chi connectivity index (χ1) is 12.7. The average molecular weight is 353 g/mol. The van der Waals surface area contributed by atoms with Gasteiger partial charge in [-0.25, -0.2) is 4.79 Å². The fraction of sp³-hybridized carbons (Fsp3) is 0.550. The third-order valence-electron chi connectivity index (χ3n) is 5.70. The van der Waals surface area contributed by atoms with E-state index in [-0.39, 0.29) is 12.1 Å². The van der Waals surface area contributed by atoms with Gasteiger partial charge in [0.05, 0.1) is 18.4 Å². The van der Waals surface area contributed by atoms with E-state index in [4.69, 9.17) is 0 Å². The van der Waals surface area contributed by atoms with E-state index in [1.165, 1.54) is 18.4 Å². The van der Waals surface area contributed by atoms with Gasteiger partial charge in [-0.05, 0) is 61.6 Å². The summed E-state index contributed by atoms with van der Waals surface area (Å²) in [5, 5.41) is 10.6. The third kappa shape index (κ3) is 3.89. The maximum absolute atomic E-state index is 12.4. The van der Waals surface area contributed by atoms with Crippen LogP contribution in [0.3, 0.4) is 0 Å². The molecule has 0 aliphatic heterocycles. The molecule has 2 aromatic heterocycles. The average Bonchev–Trinajstić information content (AvgIpc) is 3.30. The number of amides is 2. The van der Waals surface area contributed by atoms with Crippen molar-refractivity contribution in [1.82, 2.24) is 25.4 Å². The predicted molar refractivity (Wildman–Crippen MR) is 99.6 cm³/mol. The normalized spacial score (nSPS) is 22.3. The van der Waals surface area contributed by atoms with Crippen LogP contribution in [-0.4, -0.2) is 26.8 Å². The highest BCUT2D eigenvalue weighted by molar-refractivity contribution is 5.74. The van der Waals surface area contributed by atoms with E-state index in [0.717, 1.165) is 37.1 Å². The van der Waals surface area contributed by atoms with Crippen molar-refractivity contribution in [3.8, 4) is 0 Å². The van der Waals surface area contributed by atoms with Gasteiger partial charge >= 0.3 is 6.03 Å². The molecule has 138 valence electrons. The zero-order valence-corrected chi connectivity index (χ0v) is 15.3. The Labute approximate surface area is 154 Å². The van der Waals surface area contributed by atoms with Crippen LogP contribution in [0.25, 0.3) is 0 Å². The van der Waals surface area contributed by atoms with Crippen molar-refractivity contribution in [3.63, 3.8) is 0 Å². The molecular weight excluding hydrogens is 326 g/mol. The van der Waals surface area contributed by atoms with Crippen molar-refractivity contribution in [2.45, 2.75) is 57.0 Å². The minimum Gasteiger partial charge on any atom is -0.335 e. The number of rotatable bonds is 6. The lowest BCUT2D eigenvalue weighted by Gasteiger charge is -2.21. The van der Waals surface area contributed by atoms with Gasteiger partial charge < -0.3 is 10.6 Å². The summed E-state index contributed by atoms with van der Waals surface area (Å²) in [4.78, 5) is 16.9. The highest BCUT2D eigenvalue weighted by Gasteiger charge is 2.30. The fourth-order valence-electron chi connectivity index (χ4n) is 4.07. The van der Waals surface area contributed by atoms with Gasteiger partial charge in [-0.3, -0.25) is 9.67 Å². The molecule has 2 aliphatic rings. The number of nitrogens with one attached hydrogen (secondary N) is 2. The third-order valence-corrected chi connectivity index (χ3v) is 5.70. The SMILES string of the molecule is Cn1ncc(C2CC2)c1CNC(=O)NC1CCCC1Cc1ccccn1. The first-order valence-electron chi connectivity index (χ1n) is 9.65. The zero-order valence-electron chi connectivity index (χ0n) is 15.3. The summed E-state index contributed by atoms with van der Waals surface area (Å²) in [5.74, 6) is 1.11. The summed E-state index contributed by atoms with van der Waals surface area (Å²) >= 11 is 0. The number of hydrogen-bond donors (Lipinski definition) is 2. The van der Waals surface area contributed by atoms with E-state index < -0.39 is 0 Å². The number of pyridine rings is 1. The second-order valence-corrected chi connectivity index (χ2v) is 7.59. The molecule has 2 aromatic rings. The molecule has 2 atom stereocenters. The largest absolute Gasteiger partial charge is 0.335 e. The van der Waals surface area contributed by atoms with E-state index in [9.17, 15) is 4.79 Å². The number of aryl methyl sites for hydroxylation is 1. The summed E-state index contributed by atoms with van der Waals surface area (Å²) in [6.45, 7) is 0.534. The quantitative estimate of drug-likeness (QED) is 0.839. The Balaban J connectivity index is 1.31. The number of carbonyl (C=O) groups is 1. The first kappa shape index (κ1) is 17.1. The number of urea groups is 1. The molecule has 2 saturated carbocycles. The second-order valence-electron chi connectivity index (χ2n) is 7.59. The van der Waals surface area contributed by atoms with Crippen molar-refractivity contribution >= 4 is 6.03 Å². The molecular formula is C20H27N5O. The van der Waals surface area contributed by atoms with Gasteiger partial charge in [-0.2, -0.15) is 5.10 Å². The molecule has 0 aromatic carbocycles. The lowest BCUT2D eigenvalue weighted by molar-refractivity contribution is 0.232. The van der Waals surface area contributed by atoms with Crippen LogP contribution < -0.4 is 10.6 Å². The highest BCUT2D eigenvalue weighted by Crippen LogP contribution is 2.41. The van der Waals surface area contributed by atoms with E-state index in [1.807, 2.05) is 36.3 Å². The van der Waals surface area contributed by atoms with Crippen molar-refractivity contribution < 1.29 is 4.79 Å². The van der Waals surface area contributed by atoms with Gasteiger partial charge in [0, 0.05) is 25.0 Å². The topological polar surface area (TPSA) is 71.8 Å². The Morgan fingerprint density at radius 3 is 2.92 bits per heavy atom. The fourth-order valence-corrected chi connectivity index (χ4v) is 4.07. The molecule has 4 rings (SSSR count). The maximum Gasteiger partial charge on any atom is 0.315 e. The maximum atomic E-state index is 12.4. The van der Waals surface area contributed by atoms with Crippen LogP contribution in [0.15, 0.2) is 30.6 Å². The number of hydrogen-bond acceptors (Lipinski definition) is 3. The molecule has 6 heteroatoms. The van der Waals surface area contributed by atoms with Gasteiger partial charge in [-0.1, -0.05) is 12.5 Å². The van der Waals surface area contributed by atoms with Crippen LogP contribution in [0.4, 0.5) is 4.79 Å². The standard InChI is InChI=1S/C20H27N5O/c1-25-19(17(12-23-25)14-8-9-14)13-22-20(26)24-18-7-4-5-15(18)11-16-6-2-3-10-21-16/h2-3,6,10,12,14-15,18H,4-5,7-9,11,13H2,1H3,(H2,22,24,26). The van der Waals surface area contributed by atoms with Gasteiger partial charge in [0.1, 0.15) is 0 Å². The Morgan fingerprint density at radius 2 is 2.15 bits per heavy atom. The summed E-state index contributed by atoms with van der Waals surface area (Å²) in [5.41, 5.74) is 3.52. The molecule has 2 heterocycles. The lowest BCUT2D eigenvalue weighted by atomic mass is 9.97. The molecule has 2 N–H and O–H groups in total. The Kier molecular flexibility index (Phi) is 4.91. The van der Waals surface area contributed by atoms with Crippen molar-refractivity contribution in [2.75, 3.05) is 0 Å². The molecule has 0 bridgehead atoms. The Morgan fingerprint density at radius 1 is 1.27 bits per heavy atom. The number of carbonyl (C=O) groups excluding carboxylic acids is 1. The van der Waals surface area contributed by atoms with E-state index >= 15 is 0 Å². The summed E-state index contributed by atoms with van der Waals surface area (Å²) in [6, 6.07) is 6.18. The summed E-state index contributed by atoms with van der Waals surface area (Å²) in [7, 11) is 1.95. The lowest BCUT2D eigenvalue weighted by Crippen LogP contribution is -2.44. The van der Waals surface area contributed by atoms with Gasteiger partial charge in [0.15, 0.2) is 0 Å². The van der Waals surface area contributed by atoms with Crippen LogP contribution in [0, 0.1) is 5.92 Å². The second kappa shape index (κ2) is 7.48. The molecule has 2 unspecified atom stereocenters. The van der Waals surface area contributed by atoms with Gasteiger partial charge in [0.2, 0.25) is 0 Å². The van der Waals surface area contributed by atoms with Crippen LogP contribution in [0.1, 0.15) is 55.0 Å². The smallest absolute Gasteiger partial charge is 0.315 e. The van der Waals surface area contributed by atoms with E-state index in [2.05, 4.69) is 26.8 Å². The van der Waals surface area contributed by atoms with E-state index in [1.54, 1.807) is 0 Å². The number of aromatic nitrogens is 3. The zero-order chi connectivity index (χ0) is 17.9. The van der Waals surface area contributed by atoms with Crippen LogP contribution in [-0.2, 0) is 20.0 Å². The van der Waals surface area contributed by atoms with Crippen LogP contribution in [0.2, 0.25) is 0 Å². The number of nitrogens with zero attached hydrogens (tertiary/aromatic N) is 3. The van der Waals surface area contributed by atoms with E-state index in [0.29, 0.717) is 18.4 Å². The van der Waals surface area contributed by atoms with Crippen LogP contribution >= 0.6 is 0 Å². The minimum atomic E-state index is -0.0779. The Hall–Kier alpha value is -2.37. The van der Waals surface area contributed by atoms with Crippen molar-refractivity contribution in [3.05, 3.63) is 47.5 Å². The molecule has 0 radical (unpaired) electrons. The first-order valence-corrected chi connectivity index (χ1v) is 9.65. The molecule has 2 aliphatic carbocycles. The van der Waals surface area contributed by atoms with Crippen LogP contribution in [0.5, 0.6) is 0 Å². The molecule has 26 heavy (non-hydrogen) atoms. The molecule has 2 amide bonds.